The van der Waals surface area contributed by atoms with E-state index < -0.39 is 0 Å². The largest absolute Gasteiger partial charge is 0.456 e. The number of hydrogen-bond acceptors (Lipinski definition) is 4. The van der Waals surface area contributed by atoms with E-state index in [0.29, 0.717) is 17.5 Å². The lowest BCUT2D eigenvalue weighted by Gasteiger charge is -2.23. The molecule has 0 amide bonds. The summed E-state index contributed by atoms with van der Waals surface area (Å²) < 4.78 is 6.58. The standard InChI is InChI=1S/C41H25N3O/c1-3-10-26(11-4-1)30-20-21-32-33-16-9-17-34-35(22-23-36(38(33)34)45-37(32)25-30)41-43-39(28-13-5-2-6-14-28)42-40(44-41)31-19-18-27-12-7-8-15-29(27)24-31/h1-25H. The van der Waals surface area contributed by atoms with Crippen molar-refractivity contribution in [2.75, 3.05) is 0 Å². The van der Waals surface area contributed by atoms with Gasteiger partial charge in [-0.05, 0) is 63.2 Å². The van der Waals surface area contributed by atoms with Crippen molar-refractivity contribution < 1.29 is 4.74 Å². The normalized spacial score (nSPS) is 11.7. The molecular weight excluding hydrogens is 550 g/mol. The molecule has 0 aliphatic carbocycles. The lowest BCUT2D eigenvalue weighted by Crippen LogP contribution is -2.02. The number of fused-ring (bicyclic) bond motifs is 3. The molecule has 2 heterocycles. The molecule has 0 radical (unpaired) electrons. The molecule has 9 rings (SSSR count). The average Bonchev–Trinajstić information content (AvgIpc) is 3.12. The minimum absolute atomic E-state index is 0.626. The molecule has 0 bridgehead atoms. The summed E-state index contributed by atoms with van der Waals surface area (Å²) in [5.41, 5.74) is 7.32. The van der Waals surface area contributed by atoms with Crippen molar-refractivity contribution in [1.82, 2.24) is 15.0 Å². The van der Waals surface area contributed by atoms with Crippen LogP contribution in [0.25, 0.3) is 78.0 Å². The minimum atomic E-state index is 0.626. The van der Waals surface area contributed by atoms with Gasteiger partial charge in [0.2, 0.25) is 0 Å². The van der Waals surface area contributed by atoms with Gasteiger partial charge in [0.1, 0.15) is 11.5 Å². The number of benzene rings is 7. The highest BCUT2D eigenvalue weighted by Crippen LogP contribution is 2.49. The molecule has 4 nitrogen and oxygen atoms in total. The minimum Gasteiger partial charge on any atom is -0.456 e. The number of rotatable bonds is 4. The van der Waals surface area contributed by atoms with Crippen LogP contribution < -0.4 is 4.74 Å². The van der Waals surface area contributed by atoms with Crippen molar-refractivity contribution in [3.05, 3.63) is 152 Å². The van der Waals surface area contributed by atoms with Gasteiger partial charge in [0.25, 0.3) is 0 Å². The fourth-order valence-corrected chi connectivity index (χ4v) is 6.31. The molecule has 7 aromatic carbocycles. The third-order valence-electron chi connectivity index (χ3n) is 8.52. The van der Waals surface area contributed by atoms with Crippen LogP contribution >= 0.6 is 0 Å². The summed E-state index contributed by atoms with van der Waals surface area (Å²) in [5.74, 6) is 3.59. The molecule has 1 aromatic heterocycles. The maximum atomic E-state index is 6.58. The molecule has 8 aromatic rings. The van der Waals surface area contributed by atoms with Gasteiger partial charge in [0, 0.05) is 27.6 Å². The first-order valence-corrected chi connectivity index (χ1v) is 15.0. The Labute approximate surface area is 260 Å². The molecule has 0 atom stereocenters. The molecule has 0 unspecified atom stereocenters. The van der Waals surface area contributed by atoms with E-state index in [4.69, 9.17) is 19.7 Å². The predicted octanol–water partition coefficient (Wildman–Crippen LogP) is 10.6. The zero-order chi connectivity index (χ0) is 29.7. The van der Waals surface area contributed by atoms with Crippen molar-refractivity contribution in [2.24, 2.45) is 0 Å². The third-order valence-corrected chi connectivity index (χ3v) is 8.52. The van der Waals surface area contributed by atoms with E-state index in [1.807, 2.05) is 42.5 Å². The molecule has 0 fully saturated rings. The van der Waals surface area contributed by atoms with Gasteiger partial charge in [-0.1, -0.05) is 121 Å². The van der Waals surface area contributed by atoms with E-state index in [1.165, 1.54) is 5.39 Å². The summed E-state index contributed by atoms with van der Waals surface area (Å²) in [4.78, 5) is 15.1. The van der Waals surface area contributed by atoms with Gasteiger partial charge in [-0.25, -0.2) is 15.0 Å². The van der Waals surface area contributed by atoms with Gasteiger partial charge in [0.05, 0.1) is 0 Å². The summed E-state index contributed by atoms with van der Waals surface area (Å²) in [7, 11) is 0. The molecule has 210 valence electrons. The molecule has 1 aliphatic heterocycles. The first kappa shape index (κ1) is 25.4. The number of hydrogen-bond donors (Lipinski definition) is 0. The molecule has 1 aliphatic rings. The SMILES string of the molecule is c1ccc(-c2ccc3c(c2)Oc2ccc(-c4nc(-c5ccccc5)nc(-c5ccc6ccccc6c5)n4)c4cccc-3c24)cc1. The van der Waals surface area contributed by atoms with Gasteiger partial charge in [0.15, 0.2) is 17.5 Å². The Morgan fingerprint density at radius 1 is 0.356 bits per heavy atom. The predicted molar refractivity (Wildman–Crippen MR) is 182 cm³/mol. The van der Waals surface area contributed by atoms with Crippen molar-refractivity contribution in [1.29, 1.82) is 0 Å². The Kier molecular flexibility index (Phi) is 5.78. The van der Waals surface area contributed by atoms with Crippen molar-refractivity contribution in [3.8, 4) is 67.9 Å². The molecular formula is C41H25N3O. The third kappa shape index (κ3) is 4.35. The summed E-state index contributed by atoms with van der Waals surface area (Å²) in [6, 6.07) is 52.2. The summed E-state index contributed by atoms with van der Waals surface area (Å²) >= 11 is 0. The average molecular weight is 576 g/mol. The molecule has 0 spiro atoms. The van der Waals surface area contributed by atoms with Crippen LogP contribution in [-0.4, -0.2) is 15.0 Å². The molecule has 0 N–H and O–H groups in total. The van der Waals surface area contributed by atoms with E-state index in [0.717, 1.165) is 66.6 Å². The monoisotopic (exact) mass is 575 g/mol. The zero-order valence-electron chi connectivity index (χ0n) is 24.2. The maximum absolute atomic E-state index is 6.58. The topological polar surface area (TPSA) is 47.9 Å². The second-order valence-corrected chi connectivity index (χ2v) is 11.3. The van der Waals surface area contributed by atoms with Crippen molar-refractivity contribution >= 4 is 21.5 Å². The lowest BCUT2D eigenvalue weighted by molar-refractivity contribution is 0.487. The second kappa shape index (κ2) is 10.2. The van der Waals surface area contributed by atoms with E-state index >= 15 is 0 Å². The van der Waals surface area contributed by atoms with Gasteiger partial charge < -0.3 is 4.74 Å². The Balaban J connectivity index is 1.23. The Bertz CT molecular complexity index is 2400. The van der Waals surface area contributed by atoms with Crippen LogP contribution in [0.2, 0.25) is 0 Å². The first-order valence-electron chi connectivity index (χ1n) is 15.0. The van der Waals surface area contributed by atoms with Crippen LogP contribution in [0.5, 0.6) is 11.5 Å². The van der Waals surface area contributed by atoms with Gasteiger partial charge >= 0.3 is 0 Å². The van der Waals surface area contributed by atoms with Gasteiger partial charge in [-0.3, -0.25) is 0 Å². The van der Waals surface area contributed by atoms with E-state index in [2.05, 4.69) is 109 Å². The maximum Gasteiger partial charge on any atom is 0.164 e. The van der Waals surface area contributed by atoms with Gasteiger partial charge in [-0.2, -0.15) is 0 Å². The summed E-state index contributed by atoms with van der Waals surface area (Å²) in [6.45, 7) is 0. The Morgan fingerprint density at radius 3 is 1.84 bits per heavy atom. The van der Waals surface area contributed by atoms with Crippen LogP contribution in [-0.2, 0) is 0 Å². The molecule has 0 saturated carbocycles. The second-order valence-electron chi connectivity index (χ2n) is 11.3. The van der Waals surface area contributed by atoms with Crippen LogP contribution in [0.4, 0.5) is 0 Å². The van der Waals surface area contributed by atoms with Crippen LogP contribution in [0.3, 0.4) is 0 Å². The van der Waals surface area contributed by atoms with E-state index in [1.54, 1.807) is 0 Å². The summed E-state index contributed by atoms with van der Waals surface area (Å²) in [6.07, 6.45) is 0. The first-order chi connectivity index (χ1) is 22.3. The van der Waals surface area contributed by atoms with E-state index in [9.17, 15) is 0 Å². The lowest BCUT2D eigenvalue weighted by atomic mass is 9.91. The smallest absolute Gasteiger partial charge is 0.164 e. The highest BCUT2D eigenvalue weighted by Gasteiger charge is 2.23. The fraction of sp³-hybridized carbons (Fsp3) is 0. The zero-order valence-corrected chi connectivity index (χ0v) is 24.2. The van der Waals surface area contributed by atoms with Gasteiger partial charge in [-0.15, -0.1) is 0 Å². The quantitative estimate of drug-likeness (QED) is 0.209. The van der Waals surface area contributed by atoms with Crippen molar-refractivity contribution in [3.63, 3.8) is 0 Å². The van der Waals surface area contributed by atoms with E-state index in [-0.39, 0.29) is 0 Å². The highest BCUT2D eigenvalue weighted by molar-refractivity contribution is 6.09. The molecule has 45 heavy (non-hydrogen) atoms. The van der Waals surface area contributed by atoms with Crippen LogP contribution in [0, 0.1) is 0 Å². The Morgan fingerprint density at radius 2 is 1.02 bits per heavy atom. The van der Waals surface area contributed by atoms with Crippen LogP contribution in [0.1, 0.15) is 0 Å². The molecule has 0 saturated heterocycles. The number of nitrogens with zero attached hydrogens (tertiary/aromatic N) is 3. The summed E-state index contributed by atoms with van der Waals surface area (Å²) in [5, 5.41) is 4.42. The molecule has 4 heteroatoms. The highest BCUT2D eigenvalue weighted by atomic mass is 16.5. The van der Waals surface area contributed by atoms with Crippen molar-refractivity contribution in [2.45, 2.75) is 0 Å². The Hall–Kier alpha value is -6.13. The number of ether oxygens (including phenoxy) is 1. The fourth-order valence-electron chi connectivity index (χ4n) is 6.31. The van der Waals surface area contributed by atoms with Crippen LogP contribution in [0.15, 0.2) is 152 Å². The number of aromatic nitrogens is 3.